The summed E-state index contributed by atoms with van der Waals surface area (Å²) in [6.45, 7) is 6.76. The summed E-state index contributed by atoms with van der Waals surface area (Å²) in [5, 5.41) is 2.44. The van der Waals surface area contributed by atoms with Crippen molar-refractivity contribution in [3.8, 4) is 5.95 Å². The van der Waals surface area contributed by atoms with Crippen LogP contribution in [0.2, 0.25) is 5.04 Å². The lowest BCUT2D eigenvalue weighted by Crippen LogP contribution is -2.68. The van der Waals surface area contributed by atoms with Crippen molar-refractivity contribution in [3.63, 3.8) is 0 Å². The molecule has 0 atom stereocenters. The van der Waals surface area contributed by atoms with Gasteiger partial charge in [0.15, 0.2) is 0 Å². The summed E-state index contributed by atoms with van der Waals surface area (Å²) in [5.74, 6) is 0.583. The lowest BCUT2D eigenvalue weighted by Gasteiger charge is -2.42. The molecule has 2 nitrogen and oxygen atoms in total. The molecule has 0 aliphatic rings. The SMILES string of the molecule is CC(C)(C)[Si](Oc1ccco1)(c1ccccc1)c1ccccc1. The highest BCUT2D eigenvalue weighted by Crippen LogP contribution is 2.37. The van der Waals surface area contributed by atoms with E-state index in [0.29, 0.717) is 5.95 Å². The van der Waals surface area contributed by atoms with E-state index in [1.54, 1.807) is 6.26 Å². The summed E-state index contributed by atoms with van der Waals surface area (Å²) in [6, 6.07) is 24.9. The van der Waals surface area contributed by atoms with Gasteiger partial charge in [-0.2, -0.15) is 0 Å². The van der Waals surface area contributed by atoms with Crippen molar-refractivity contribution in [1.82, 2.24) is 0 Å². The zero-order chi connectivity index (χ0) is 16.3. The van der Waals surface area contributed by atoms with Crippen LogP contribution in [0.5, 0.6) is 5.95 Å². The van der Waals surface area contributed by atoms with Crippen molar-refractivity contribution in [1.29, 1.82) is 0 Å². The minimum absolute atomic E-state index is 0.0531. The summed E-state index contributed by atoms with van der Waals surface area (Å²) >= 11 is 0. The molecule has 0 bridgehead atoms. The van der Waals surface area contributed by atoms with Crippen LogP contribution < -0.4 is 14.8 Å². The Bertz CT molecular complexity index is 689. The van der Waals surface area contributed by atoms with Crippen molar-refractivity contribution in [2.45, 2.75) is 25.8 Å². The minimum Gasteiger partial charge on any atom is -0.509 e. The molecule has 3 rings (SSSR count). The number of benzene rings is 2. The molecular formula is C20H22O2Si. The van der Waals surface area contributed by atoms with E-state index in [4.69, 9.17) is 8.84 Å². The largest absolute Gasteiger partial charge is 0.509 e. The molecule has 0 amide bonds. The fraction of sp³-hybridized carbons (Fsp3) is 0.200. The molecule has 0 radical (unpaired) electrons. The van der Waals surface area contributed by atoms with E-state index in [1.807, 2.05) is 24.3 Å². The van der Waals surface area contributed by atoms with E-state index in [1.165, 1.54) is 10.4 Å². The van der Waals surface area contributed by atoms with Crippen LogP contribution in [0, 0.1) is 0 Å². The van der Waals surface area contributed by atoms with Gasteiger partial charge < -0.3 is 8.84 Å². The van der Waals surface area contributed by atoms with Gasteiger partial charge in [0.05, 0.1) is 6.26 Å². The Morgan fingerprint density at radius 3 is 1.65 bits per heavy atom. The Hall–Kier alpha value is -2.26. The minimum atomic E-state index is -2.55. The fourth-order valence-corrected chi connectivity index (χ4v) is 7.47. The molecule has 0 spiro atoms. The van der Waals surface area contributed by atoms with Crippen LogP contribution in [0.15, 0.2) is 83.5 Å². The zero-order valence-electron chi connectivity index (χ0n) is 13.8. The zero-order valence-corrected chi connectivity index (χ0v) is 14.8. The van der Waals surface area contributed by atoms with Crippen LogP contribution in [0.1, 0.15) is 20.8 Å². The number of hydrogen-bond donors (Lipinski definition) is 0. The Morgan fingerprint density at radius 2 is 1.26 bits per heavy atom. The van der Waals surface area contributed by atoms with Crippen LogP contribution in [0.25, 0.3) is 0 Å². The van der Waals surface area contributed by atoms with Crippen molar-refractivity contribution in [2.75, 3.05) is 0 Å². The predicted molar refractivity (Wildman–Crippen MR) is 97.0 cm³/mol. The Morgan fingerprint density at radius 1 is 0.739 bits per heavy atom. The summed E-state index contributed by atoms with van der Waals surface area (Å²) in [4.78, 5) is 0. The van der Waals surface area contributed by atoms with E-state index in [0.717, 1.165) is 0 Å². The maximum Gasteiger partial charge on any atom is 0.324 e. The molecule has 0 saturated heterocycles. The smallest absolute Gasteiger partial charge is 0.324 e. The average Bonchev–Trinajstić information content (AvgIpc) is 3.06. The normalized spacial score (nSPS) is 12.1. The Labute approximate surface area is 138 Å². The molecule has 3 aromatic rings. The van der Waals surface area contributed by atoms with E-state index in [9.17, 15) is 0 Å². The van der Waals surface area contributed by atoms with Crippen LogP contribution in [0.4, 0.5) is 0 Å². The topological polar surface area (TPSA) is 22.4 Å². The number of rotatable bonds is 4. The van der Waals surface area contributed by atoms with Gasteiger partial charge in [-0.15, -0.1) is 0 Å². The van der Waals surface area contributed by atoms with Crippen molar-refractivity contribution in [2.24, 2.45) is 0 Å². The predicted octanol–water partition coefficient (Wildman–Crippen LogP) is 4.22. The van der Waals surface area contributed by atoms with E-state index in [2.05, 4.69) is 69.3 Å². The van der Waals surface area contributed by atoms with Gasteiger partial charge in [0.2, 0.25) is 0 Å². The van der Waals surface area contributed by atoms with Gasteiger partial charge in [0, 0.05) is 6.07 Å². The van der Waals surface area contributed by atoms with Crippen molar-refractivity contribution < 1.29 is 8.84 Å². The first-order chi connectivity index (χ1) is 11.0. The maximum atomic E-state index is 6.65. The van der Waals surface area contributed by atoms with Crippen LogP contribution in [-0.4, -0.2) is 8.32 Å². The monoisotopic (exact) mass is 322 g/mol. The van der Waals surface area contributed by atoms with Crippen molar-refractivity contribution >= 4 is 18.7 Å². The first kappa shape index (κ1) is 15.6. The Balaban J connectivity index is 2.26. The average molecular weight is 322 g/mol. The molecule has 0 fully saturated rings. The summed E-state index contributed by atoms with van der Waals surface area (Å²) in [7, 11) is -2.55. The first-order valence-corrected chi connectivity index (χ1v) is 9.78. The van der Waals surface area contributed by atoms with Crippen LogP contribution in [-0.2, 0) is 0 Å². The molecule has 0 aliphatic heterocycles. The Kier molecular flexibility index (Phi) is 4.14. The van der Waals surface area contributed by atoms with Crippen LogP contribution in [0.3, 0.4) is 0 Å². The molecule has 23 heavy (non-hydrogen) atoms. The molecule has 3 heteroatoms. The third-order valence-corrected chi connectivity index (χ3v) is 9.08. The van der Waals surface area contributed by atoms with Gasteiger partial charge in [-0.05, 0) is 21.5 Å². The molecule has 1 heterocycles. The quantitative estimate of drug-likeness (QED) is 0.671. The molecule has 1 aromatic heterocycles. The summed E-state index contributed by atoms with van der Waals surface area (Å²) in [6.07, 6.45) is 1.66. The molecule has 2 aromatic carbocycles. The highest BCUT2D eigenvalue weighted by atomic mass is 28.4. The lowest BCUT2D eigenvalue weighted by molar-refractivity contribution is 0.374. The molecule has 0 unspecified atom stereocenters. The summed E-state index contributed by atoms with van der Waals surface area (Å²) < 4.78 is 12.2. The van der Waals surface area contributed by atoms with Crippen LogP contribution >= 0.6 is 0 Å². The highest BCUT2D eigenvalue weighted by molar-refractivity contribution is 7.00. The fourth-order valence-electron chi connectivity index (χ4n) is 3.12. The first-order valence-electron chi connectivity index (χ1n) is 7.87. The summed E-state index contributed by atoms with van der Waals surface area (Å²) in [5.41, 5.74) is 0. The third kappa shape index (κ3) is 2.84. The second-order valence-electron chi connectivity index (χ2n) is 6.70. The standard InChI is InChI=1S/C20H22O2Si/c1-20(2,3)23(17-11-6-4-7-12-17,18-13-8-5-9-14-18)22-19-15-10-16-21-19/h4-16H,1-3H3. The number of furan rings is 1. The molecule has 118 valence electrons. The molecule has 0 N–H and O–H groups in total. The van der Waals surface area contributed by atoms with Gasteiger partial charge in [-0.3, -0.25) is 0 Å². The van der Waals surface area contributed by atoms with E-state index in [-0.39, 0.29) is 5.04 Å². The van der Waals surface area contributed by atoms with Gasteiger partial charge in [-0.1, -0.05) is 81.4 Å². The van der Waals surface area contributed by atoms with E-state index >= 15 is 0 Å². The molecule has 0 aliphatic carbocycles. The van der Waals surface area contributed by atoms with Gasteiger partial charge in [0.1, 0.15) is 0 Å². The lowest BCUT2D eigenvalue weighted by atomic mass is 10.2. The second kappa shape index (κ2) is 6.09. The second-order valence-corrected chi connectivity index (χ2v) is 10.9. The van der Waals surface area contributed by atoms with Gasteiger partial charge >= 0.3 is 8.32 Å². The third-order valence-electron chi connectivity index (χ3n) is 4.17. The van der Waals surface area contributed by atoms with E-state index < -0.39 is 8.32 Å². The van der Waals surface area contributed by atoms with Gasteiger partial charge in [0.25, 0.3) is 5.95 Å². The molecule has 0 saturated carbocycles. The molecular weight excluding hydrogens is 300 g/mol. The van der Waals surface area contributed by atoms with Gasteiger partial charge in [-0.25, -0.2) is 0 Å². The maximum absolute atomic E-state index is 6.65. The highest BCUT2D eigenvalue weighted by Gasteiger charge is 2.52. The van der Waals surface area contributed by atoms with Crippen molar-refractivity contribution in [3.05, 3.63) is 79.1 Å². The number of hydrogen-bond acceptors (Lipinski definition) is 2.